The second kappa shape index (κ2) is 5.95. The van der Waals surface area contributed by atoms with Gasteiger partial charge in [0, 0.05) is 10.0 Å². The molecule has 1 amide bonds. The first-order valence-electron chi connectivity index (χ1n) is 5.51. The van der Waals surface area contributed by atoms with Crippen LogP contribution in [0.25, 0.3) is 0 Å². The lowest BCUT2D eigenvalue weighted by atomic mass is 10.1. The SMILES string of the molecule is Cc1c(Br)cccc1C(=O)Nc1cccc(Cl)c1Cl. The van der Waals surface area contributed by atoms with Crippen LogP contribution in [0.3, 0.4) is 0 Å². The maximum absolute atomic E-state index is 12.2. The fourth-order valence-electron chi connectivity index (χ4n) is 1.64. The van der Waals surface area contributed by atoms with Gasteiger partial charge in [0.15, 0.2) is 0 Å². The molecule has 0 aliphatic rings. The van der Waals surface area contributed by atoms with E-state index in [1.54, 1.807) is 24.3 Å². The summed E-state index contributed by atoms with van der Waals surface area (Å²) in [5.41, 5.74) is 1.96. The Morgan fingerprint density at radius 3 is 2.58 bits per heavy atom. The lowest BCUT2D eigenvalue weighted by Gasteiger charge is -2.10. The molecular weight excluding hydrogens is 349 g/mol. The van der Waals surface area contributed by atoms with Gasteiger partial charge in [-0.05, 0) is 36.8 Å². The summed E-state index contributed by atoms with van der Waals surface area (Å²) >= 11 is 15.3. The zero-order valence-corrected chi connectivity index (χ0v) is 13.1. The molecule has 0 aromatic heterocycles. The van der Waals surface area contributed by atoms with Crippen LogP contribution in [0.4, 0.5) is 5.69 Å². The number of benzene rings is 2. The van der Waals surface area contributed by atoms with E-state index in [1.165, 1.54) is 0 Å². The Morgan fingerprint density at radius 2 is 1.84 bits per heavy atom. The third kappa shape index (κ3) is 3.11. The molecule has 0 aliphatic heterocycles. The number of nitrogens with one attached hydrogen (secondary N) is 1. The minimum atomic E-state index is -0.219. The number of carbonyl (C=O) groups is 1. The van der Waals surface area contributed by atoms with Crippen LogP contribution < -0.4 is 5.32 Å². The number of hydrogen-bond acceptors (Lipinski definition) is 1. The lowest BCUT2D eigenvalue weighted by Crippen LogP contribution is -2.13. The van der Waals surface area contributed by atoms with Crippen molar-refractivity contribution in [2.24, 2.45) is 0 Å². The minimum absolute atomic E-state index is 0.219. The van der Waals surface area contributed by atoms with Crippen LogP contribution in [-0.2, 0) is 0 Å². The average molecular weight is 359 g/mol. The normalized spacial score (nSPS) is 10.3. The largest absolute Gasteiger partial charge is 0.321 e. The molecule has 5 heteroatoms. The molecule has 2 rings (SSSR count). The van der Waals surface area contributed by atoms with E-state index in [2.05, 4.69) is 21.2 Å². The number of amides is 1. The molecule has 0 heterocycles. The molecule has 0 bridgehead atoms. The summed E-state index contributed by atoms with van der Waals surface area (Å²) < 4.78 is 0.886. The van der Waals surface area contributed by atoms with Gasteiger partial charge in [-0.15, -0.1) is 0 Å². The van der Waals surface area contributed by atoms with Crippen LogP contribution in [0.5, 0.6) is 0 Å². The Balaban J connectivity index is 2.31. The van der Waals surface area contributed by atoms with Gasteiger partial charge in [-0.1, -0.05) is 51.3 Å². The molecule has 2 nitrogen and oxygen atoms in total. The van der Waals surface area contributed by atoms with E-state index in [4.69, 9.17) is 23.2 Å². The minimum Gasteiger partial charge on any atom is -0.321 e. The Labute approximate surface area is 129 Å². The quantitative estimate of drug-likeness (QED) is 0.773. The number of rotatable bonds is 2. The van der Waals surface area contributed by atoms with Crippen LogP contribution in [0.15, 0.2) is 40.9 Å². The number of hydrogen-bond donors (Lipinski definition) is 1. The first-order chi connectivity index (χ1) is 9.00. The predicted molar refractivity (Wildman–Crippen MR) is 83.3 cm³/mol. The summed E-state index contributed by atoms with van der Waals surface area (Å²) in [7, 11) is 0. The fourth-order valence-corrected chi connectivity index (χ4v) is 2.36. The summed E-state index contributed by atoms with van der Waals surface area (Å²) in [6, 6.07) is 10.6. The lowest BCUT2D eigenvalue weighted by molar-refractivity contribution is 0.102. The zero-order valence-electron chi connectivity index (χ0n) is 10.0. The van der Waals surface area contributed by atoms with Crippen LogP contribution in [0.2, 0.25) is 10.0 Å². The molecule has 0 radical (unpaired) electrons. The van der Waals surface area contributed by atoms with Gasteiger partial charge >= 0.3 is 0 Å². The third-order valence-corrected chi connectivity index (χ3v) is 4.39. The van der Waals surface area contributed by atoms with E-state index in [-0.39, 0.29) is 5.91 Å². The molecule has 98 valence electrons. The molecule has 0 saturated heterocycles. The van der Waals surface area contributed by atoms with Gasteiger partial charge in [-0.3, -0.25) is 4.79 Å². The fraction of sp³-hybridized carbons (Fsp3) is 0.0714. The highest BCUT2D eigenvalue weighted by Crippen LogP contribution is 2.30. The van der Waals surface area contributed by atoms with Crippen molar-refractivity contribution < 1.29 is 4.79 Å². The Kier molecular flexibility index (Phi) is 4.50. The van der Waals surface area contributed by atoms with Crippen LogP contribution in [-0.4, -0.2) is 5.91 Å². The molecule has 19 heavy (non-hydrogen) atoms. The zero-order chi connectivity index (χ0) is 14.0. The van der Waals surface area contributed by atoms with E-state index in [1.807, 2.05) is 19.1 Å². The summed E-state index contributed by atoms with van der Waals surface area (Å²) in [6.45, 7) is 1.87. The van der Waals surface area contributed by atoms with Crippen molar-refractivity contribution in [3.63, 3.8) is 0 Å². The highest BCUT2D eigenvalue weighted by Gasteiger charge is 2.13. The smallest absolute Gasteiger partial charge is 0.256 e. The van der Waals surface area contributed by atoms with E-state index < -0.39 is 0 Å². The van der Waals surface area contributed by atoms with E-state index >= 15 is 0 Å². The second-order valence-corrected chi connectivity index (χ2v) is 5.61. The van der Waals surface area contributed by atoms with Crippen molar-refractivity contribution in [1.29, 1.82) is 0 Å². The van der Waals surface area contributed by atoms with Gasteiger partial charge in [0.05, 0.1) is 15.7 Å². The molecule has 2 aromatic rings. The molecule has 1 N–H and O–H groups in total. The molecule has 0 saturated carbocycles. The molecule has 0 aliphatic carbocycles. The highest BCUT2D eigenvalue weighted by atomic mass is 79.9. The van der Waals surface area contributed by atoms with Crippen LogP contribution in [0, 0.1) is 6.92 Å². The van der Waals surface area contributed by atoms with E-state index in [0.29, 0.717) is 21.3 Å². The Morgan fingerprint density at radius 1 is 1.16 bits per heavy atom. The van der Waals surface area contributed by atoms with Gasteiger partial charge in [-0.2, -0.15) is 0 Å². The number of halogens is 3. The maximum atomic E-state index is 12.2. The summed E-state index contributed by atoms with van der Waals surface area (Å²) in [6.07, 6.45) is 0. The molecule has 2 aromatic carbocycles. The van der Waals surface area contributed by atoms with Gasteiger partial charge in [0.25, 0.3) is 5.91 Å². The van der Waals surface area contributed by atoms with Gasteiger partial charge in [0.1, 0.15) is 0 Å². The second-order valence-electron chi connectivity index (χ2n) is 3.97. The maximum Gasteiger partial charge on any atom is 0.256 e. The van der Waals surface area contributed by atoms with Gasteiger partial charge in [-0.25, -0.2) is 0 Å². The van der Waals surface area contributed by atoms with E-state index in [0.717, 1.165) is 10.0 Å². The topological polar surface area (TPSA) is 29.1 Å². The predicted octanol–water partition coefficient (Wildman–Crippen LogP) is 5.32. The molecule has 0 fully saturated rings. The number of carbonyl (C=O) groups excluding carboxylic acids is 1. The third-order valence-electron chi connectivity index (χ3n) is 2.71. The van der Waals surface area contributed by atoms with Crippen molar-refractivity contribution in [3.05, 3.63) is 62.0 Å². The summed E-state index contributed by atoms with van der Waals surface area (Å²) in [5, 5.41) is 3.51. The Hall–Kier alpha value is -1.03. The first kappa shape index (κ1) is 14.4. The molecular formula is C14H10BrCl2NO. The van der Waals surface area contributed by atoms with Gasteiger partial charge in [0.2, 0.25) is 0 Å². The van der Waals surface area contributed by atoms with E-state index in [9.17, 15) is 4.79 Å². The molecule has 0 spiro atoms. The summed E-state index contributed by atoms with van der Waals surface area (Å²) in [4.78, 5) is 12.2. The Bertz CT molecular complexity index is 643. The van der Waals surface area contributed by atoms with Crippen molar-refractivity contribution in [1.82, 2.24) is 0 Å². The van der Waals surface area contributed by atoms with Crippen molar-refractivity contribution >= 4 is 50.7 Å². The highest BCUT2D eigenvalue weighted by molar-refractivity contribution is 9.10. The standard InChI is InChI=1S/C14H10BrCl2NO/c1-8-9(4-2-5-10(8)15)14(19)18-12-7-3-6-11(16)13(12)17/h2-7H,1H3,(H,18,19). The monoisotopic (exact) mass is 357 g/mol. The molecule has 0 atom stereocenters. The van der Waals surface area contributed by atoms with Gasteiger partial charge < -0.3 is 5.32 Å². The average Bonchev–Trinajstić information content (AvgIpc) is 2.38. The molecule has 0 unspecified atom stereocenters. The van der Waals surface area contributed by atoms with Crippen molar-refractivity contribution in [3.8, 4) is 0 Å². The van der Waals surface area contributed by atoms with Crippen LogP contribution in [0.1, 0.15) is 15.9 Å². The summed E-state index contributed by atoms with van der Waals surface area (Å²) in [5.74, 6) is -0.219. The first-order valence-corrected chi connectivity index (χ1v) is 7.06. The van der Waals surface area contributed by atoms with Crippen molar-refractivity contribution in [2.45, 2.75) is 6.92 Å². The van der Waals surface area contributed by atoms with Crippen LogP contribution >= 0.6 is 39.1 Å². The van der Waals surface area contributed by atoms with Crippen molar-refractivity contribution in [2.75, 3.05) is 5.32 Å². The number of anilines is 1.